The summed E-state index contributed by atoms with van der Waals surface area (Å²) in [6, 6.07) is 24.3. The molecule has 0 aliphatic carbocycles. The van der Waals surface area contributed by atoms with Crippen LogP contribution in [-0.4, -0.2) is 28.2 Å². The molecule has 1 heterocycles. The Morgan fingerprint density at radius 3 is 2.45 bits per heavy atom. The van der Waals surface area contributed by atoms with Crippen molar-refractivity contribution in [3.8, 4) is 17.1 Å². The van der Waals surface area contributed by atoms with E-state index >= 15 is 0 Å². The van der Waals surface area contributed by atoms with E-state index in [-0.39, 0.29) is 5.91 Å². The van der Waals surface area contributed by atoms with Gasteiger partial charge in [-0.2, -0.15) is 0 Å². The molecule has 0 saturated carbocycles. The summed E-state index contributed by atoms with van der Waals surface area (Å²) in [5, 5.41) is 10.5. The number of nitrogens with one attached hydrogen (secondary N) is 2. The van der Waals surface area contributed by atoms with E-state index in [1.165, 1.54) is 11.8 Å². The molecule has 31 heavy (non-hydrogen) atoms. The first-order chi connectivity index (χ1) is 15.1. The fourth-order valence-corrected chi connectivity index (χ4v) is 4.15. The Kier molecular flexibility index (Phi) is 6.54. The molecule has 0 unspecified atom stereocenters. The predicted octanol–water partition coefficient (Wildman–Crippen LogP) is 5.61. The van der Waals surface area contributed by atoms with Gasteiger partial charge < -0.3 is 10.1 Å². The largest absolute Gasteiger partial charge is 0.495 e. The molecule has 4 rings (SSSR count). The number of methoxy groups -OCH3 is 1. The molecule has 2 N–H and O–H groups in total. The number of anilines is 1. The second kappa shape index (κ2) is 9.68. The van der Waals surface area contributed by atoms with E-state index in [9.17, 15) is 4.79 Å². The molecule has 0 bridgehead atoms. The number of aromatic nitrogens is 3. The molecule has 0 radical (unpaired) electrons. The van der Waals surface area contributed by atoms with Crippen molar-refractivity contribution in [2.45, 2.75) is 10.4 Å². The van der Waals surface area contributed by atoms with Gasteiger partial charge in [0.2, 0.25) is 11.1 Å². The minimum absolute atomic E-state index is 0.205. The molecule has 1 aromatic heterocycles. The zero-order valence-corrected chi connectivity index (χ0v) is 18.2. The van der Waals surface area contributed by atoms with Gasteiger partial charge in [0, 0.05) is 11.3 Å². The lowest BCUT2D eigenvalue weighted by molar-refractivity contribution is -0.115. The normalized spacial score (nSPS) is 11.7. The van der Waals surface area contributed by atoms with Gasteiger partial charge in [-0.1, -0.05) is 84.0 Å². The van der Waals surface area contributed by atoms with E-state index < -0.39 is 5.25 Å². The van der Waals surface area contributed by atoms with Crippen LogP contribution in [0.5, 0.6) is 5.75 Å². The fraction of sp³-hybridized carbons (Fsp3) is 0.0870. The number of carbonyl (C=O) groups excluding carboxylic acids is 1. The van der Waals surface area contributed by atoms with Crippen LogP contribution in [0, 0.1) is 0 Å². The topological polar surface area (TPSA) is 79.9 Å². The number of thioether (sulfide) groups is 1. The summed E-state index contributed by atoms with van der Waals surface area (Å²) in [5.41, 5.74) is 2.35. The van der Waals surface area contributed by atoms with Crippen LogP contribution in [0.1, 0.15) is 10.8 Å². The SMILES string of the molecule is COc1ccc(NC(=O)[C@@H](Sc2n[nH]c(-c3ccccc3)n2)c2ccccc2)cc1Cl. The van der Waals surface area contributed by atoms with Crippen LogP contribution in [0.4, 0.5) is 5.69 Å². The van der Waals surface area contributed by atoms with E-state index in [0.29, 0.717) is 27.4 Å². The highest BCUT2D eigenvalue weighted by atomic mass is 35.5. The van der Waals surface area contributed by atoms with Crippen molar-refractivity contribution in [2.24, 2.45) is 0 Å². The number of rotatable bonds is 7. The highest BCUT2D eigenvalue weighted by molar-refractivity contribution is 8.00. The molecule has 1 amide bonds. The van der Waals surface area contributed by atoms with Crippen molar-refractivity contribution >= 4 is 35.0 Å². The van der Waals surface area contributed by atoms with Crippen molar-refractivity contribution in [2.75, 3.05) is 12.4 Å². The highest BCUT2D eigenvalue weighted by Crippen LogP contribution is 2.36. The summed E-state index contributed by atoms with van der Waals surface area (Å²) in [7, 11) is 1.54. The number of hydrogen-bond donors (Lipinski definition) is 2. The average Bonchev–Trinajstić information content (AvgIpc) is 3.27. The first kappa shape index (κ1) is 21.0. The molecule has 6 nitrogen and oxygen atoms in total. The fourth-order valence-electron chi connectivity index (χ4n) is 2.98. The number of hydrogen-bond acceptors (Lipinski definition) is 5. The number of halogens is 1. The number of carbonyl (C=O) groups is 1. The van der Waals surface area contributed by atoms with Crippen molar-refractivity contribution in [1.29, 1.82) is 0 Å². The van der Waals surface area contributed by atoms with Gasteiger partial charge in [-0.3, -0.25) is 9.89 Å². The van der Waals surface area contributed by atoms with Crippen LogP contribution in [0.2, 0.25) is 5.02 Å². The van der Waals surface area contributed by atoms with Gasteiger partial charge >= 0.3 is 0 Å². The third kappa shape index (κ3) is 5.07. The maximum absolute atomic E-state index is 13.2. The zero-order chi connectivity index (χ0) is 21.6. The van der Waals surface area contributed by atoms with Crippen molar-refractivity contribution in [3.63, 3.8) is 0 Å². The Hall–Kier alpha value is -3.29. The number of aromatic amines is 1. The summed E-state index contributed by atoms with van der Waals surface area (Å²) >= 11 is 7.47. The van der Waals surface area contributed by atoms with Crippen LogP contribution >= 0.6 is 23.4 Å². The molecule has 0 aliphatic rings. The summed E-state index contributed by atoms with van der Waals surface area (Å²) < 4.78 is 5.17. The van der Waals surface area contributed by atoms with Gasteiger partial charge in [-0.05, 0) is 23.8 Å². The quantitative estimate of drug-likeness (QED) is 0.358. The smallest absolute Gasteiger partial charge is 0.242 e. The first-order valence-corrected chi connectivity index (χ1v) is 10.7. The molecule has 0 saturated heterocycles. The summed E-state index contributed by atoms with van der Waals surface area (Å²) in [5.74, 6) is 0.989. The van der Waals surface area contributed by atoms with Gasteiger partial charge in [-0.15, -0.1) is 5.10 Å². The molecule has 156 valence electrons. The molecule has 8 heteroatoms. The second-order valence-electron chi connectivity index (χ2n) is 6.58. The lowest BCUT2D eigenvalue weighted by Crippen LogP contribution is -2.19. The zero-order valence-electron chi connectivity index (χ0n) is 16.6. The number of amides is 1. The third-order valence-corrected chi connectivity index (χ3v) is 5.91. The maximum atomic E-state index is 13.2. The summed E-state index contributed by atoms with van der Waals surface area (Å²) in [6.45, 7) is 0. The molecule has 4 aromatic rings. The third-order valence-electron chi connectivity index (χ3n) is 4.50. The van der Waals surface area contributed by atoms with Crippen molar-refractivity contribution in [1.82, 2.24) is 15.2 Å². The Morgan fingerprint density at radius 2 is 1.77 bits per heavy atom. The van der Waals surface area contributed by atoms with Gasteiger partial charge in [0.15, 0.2) is 5.82 Å². The van der Waals surface area contributed by atoms with Gasteiger partial charge in [0.25, 0.3) is 0 Å². The molecule has 1 atom stereocenters. The lowest BCUT2D eigenvalue weighted by atomic mass is 10.1. The Labute approximate surface area is 189 Å². The molecule has 0 fully saturated rings. The number of H-pyrrole nitrogens is 1. The second-order valence-corrected chi connectivity index (χ2v) is 8.06. The molecular weight excluding hydrogens is 432 g/mol. The van der Waals surface area contributed by atoms with E-state index in [2.05, 4.69) is 20.5 Å². The monoisotopic (exact) mass is 450 g/mol. The highest BCUT2D eigenvalue weighted by Gasteiger charge is 2.24. The van der Waals surface area contributed by atoms with Crippen LogP contribution < -0.4 is 10.1 Å². The van der Waals surface area contributed by atoms with Crippen LogP contribution in [0.15, 0.2) is 84.0 Å². The van der Waals surface area contributed by atoms with Gasteiger partial charge in [-0.25, -0.2) is 4.98 Å². The number of ether oxygens (including phenoxy) is 1. The van der Waals surface area contributed by atoms with Crippen LogP contribution in [0.25, 0.3) is 11.4 Å². The Bertz CT molecular complexity index is 1170. The van der Waals surface area contributed by atoms with E-state index in [1.807, 2.05) is 60.7 Å². The minimum atomic E-state index is -0.554. The lowest BCUT2D eigenvalue weighted by Gasteiger charge is -2.16. The Morgan fingerprint density at radius 1 is 1.06 bits per heavy atom. The number of nitrogens with zero attached hydrogens (tertiary/aromatic N) is 2. The van der Waals surface area contributed by atoms with Gasteiger partial charge in [0.05, 0.1) is 12.1 Å². The summed E-state index contributed by atoms with van der Waals surface area (Å²) in [4.78, 5) is 17.7. The minimum Gasteiger partial charge on any atom is -0.495 e. The Balaban J connectivity index is 1.57. The van der Waals surface area contributed by atoms with E-state index in [1.54, 1.807) is 25.3 Å². The van der Waals surface area contributed by atoms with Crippen molar-refractivity contribution < 1.29 is 9.53 Å². The van der Waals surface area contributed by atoms with E-state index in [0.717, 1.165) is 11.1 Å². The van der Waals surface area contributed by atoms with Crippen LogP contribution in [0.3, 0.4) is 0 Å². The molecule has 0 spiro atoms. The number of benzene rings is 3. The molecule has 0 aliphatic heterocycles. The molecular formula is C23H19ClN4O2S. The van der Waals surface area contributed by atoms with Gasteiger partial charge in [0.1, 0.15) is 11.0 Å². The summed E-state index contributed by atoms with van der Waals surface area (Å²) in [6.07, 6.45) is 0. The van der Waals surface area contributed by atoms with Crippen LogP contribution in [-0.2, 0) is 4.79 Å². The van der Waals surface area contributed by atoms with Crippen molar-refractivity contribution in [3.05, 3.63) is 89.4 Å². The standard InChI is InChI=1S/C23H19ClN4O2S/c1-30-19-13-12-17(14-18(19)24)25-22(29)20(15-8-4-2-5-9-15)31-23-26-21(27-28-23)16-10-6-3-7-11-16/h2-14,20H,1H3,(H,25,29)(H,26,27,28)/t20-/m0/s1. The van der Waals surface area contributed by atoms with E-state index in [4.69, 9.17) is 16.3 Å². The first-order valence-electron chi connectivity index (χ1n) is 9.48. The predicted molar refractivity (Wildman–Crippen MR) is 123 cm³/mol. The average molecular weight is 451 g/mol. The maximum Gasteiger partial charge on any atom is 0.242 e. The molecule has 3 aromatic carbocycles.